The zero-order valence-corrected chi connectivity index (χ0v) is 11.2. The molecule has 3 nitrogen and oxygen atoms in total. The first-order valence-electron chi connectivity index (χ1n) is 4.75. The van der Waals surface area contributed by atoms with E-state index in [0.717, 1.165) is 0 Å². The van der Waals surface area contributed by atoms with Crippen molar-refractivity contribution in [1.29, 1.82) is 0 Å². The summed E-state index contributed by atoms with van der Waals surface area (Å²) in [4.78, 5) is 13.1. The van der Waals surface area contributed by atoms with Crippen molar-refractivity contribution >= 4 is 52.5 Å². The number of nitrogens with zero attached hydrogens (tertiary/aromatic N) is 1. The molecule has 1 aromatic carbocycles. The molecule has 0 radical (unpaired) electrons. The van der Waals surface area contributed by atoms with E-state index in [-0.39, 0.29) is 5.91 Å². The van der Waals surface area contributed by atoms with Crippen molar-refractivity contribution in [3.05, 3.63) is 39.5 Å². The van der Waals surface area contributed by atoms with Crippen LogP contribution in [0, 0.1) is 0 Å². The third kappa shape index (κ3) is 2.29. The molecule has 1 saturated heterocycles. The summed E-state index contributed by atoms with van der Waals surface area (Å²) < 4.78 is 0. The zero-order chi connectivity index (χ0) is 12.6. The van der Waals surface area contributed by atoms with Crippen LogP contribution in [0.15, 0.2) is 23.9 Å². The van der Waals surface area contributed by atoms with Crippen LogP contribution in [0.2, 0.25) is 10.0 Å². The van der Waals surface area contributed by atoms with Gasteiger partial charge in [0.05, 0.1) is 10.0 Å². The van der Waals surface area contributed by atoms with Gasteiger partial charge in [-0.15, -0.1) is 0 Å². The quantitative estimate of drug-likeness (QED) is 0.636. The first kappa shape index (κ1) is 12.4. The number of hydrogen-bond acceptors (Lipinski definition) is 2. The van der Waals surface area contributed by atoms with Crippen molar-refractivity contribution in [2.45, 2.75) is 0 Å². The van der Waals surface area contributed by atoms with E-state index in [1.54, 1.807) is 31.3 Å². The van der Waals surface area contributed by atoms with Crippen LogP contribution in [0.4, 0.5) is 0 Å². The van der Waals surface area contributed by atoms with Crippen LogP contribution in [-0.4, -0.2) is 23.0 Å². The highest BCUT2D eigenvalue weighted by Crippen LogP contribution is 2.27. The van der Waals surface area contributed by atoms with Gasteiger partial charge in [0, 0.05) is 7.05 Å². The van der Waals surface area contributed by atoms with Gasteiger partial charge >= 0.3 is 0 Å². The normalized spacial score (nSPS) is 17.8. The Bertz CT molecular complexity index is 542. The fraction of sp³-hybridized carbons (Fsp3) is 0.0909. The largest absolute Gasteiger partial charge is 0.328 e. The summed E-state index contributed by atoms with van der Waals surface area (Å²) in [6.07, 6.45) is 1.63. The molecular weight excluding hydrogens is 279 g/mol. The van der Waals surface area contributed by atoms with E-state index in [1.165, 1.54) is 4.90 Å². The van der Waals surface area contributed by atoms with Gasteiger partial charge in [-0.2, -0.15) is 0 Å². The first-order valence-corrected chi connectivity index (χ1v) is 5.92. The average Bonchev–Trinajstić information content (AvgIpc) is 2.53. The van der Waals surface area contributed by atoms with E-state index in [1.807, 2.05) is 0 Å². The van der Waals surface area contributed by atoms with Crippen molar-refractivity contribution in [2.24, 2.45) is 0 Å². The molecule has 1 aliphatic rings. The molecule has 0 aliphatic carbocycles. The van der Waals surface area contributed by atoms with E-state index in [2.05, 4.69) is 5.32 Å². The summed E-state index contributed by atoms with van der Waals surface area (Å²) in [5.41, 5.74) is 1.06. The van der Waals surface area contributed by atoms with E-state index < -0.39 is 0 Å². The lowest BCUT2D eigenvalue weighted by Gasteiger charge is -2.03. The van der Waals surface area contributed by atoms with Crippen LogP contribution >= 0.6 is 35.4 Å². The lowest BCUT2D eigenvalue weighted by Crippen LogP contribution is -2.25. The first-order chi connectivity index (χ1) is 8.00. The van der Waals surface area contributed by atoms with Crippen LogP contribution < -0.4 is 5.32 Å². The Labute approximate surface area is 114 Å². The molecule has 0 bridgehead atoms. The Morgan fingerprint density at radius 2 is 2.12 bits per heavy atom. The summed E-state index contributed by atoms with van der Waals surface area (Å²) in [5, 5.41) is 4.05. The second-order valence-electron chi connectivity index (χ2n) is 3.50. The molecule has 0 atom stereocenters. The minimum atomic E-state index is -0.189. The van der Waals surface area contributed by atoms with Crippen LogP contribution in [0.5, 0.6) is 0 Å². The van der Waals surface area contributed by atoms with Gasteiger partial charge in [-0.1, -0.05) is 35.3 Å². The van der Waals surface area contributed by atoms with Gasteiger partial charge in [-0.25, -0.2) is 0 Å². The highest BCUT2D eigenvalue weighted by Gasteiger charge is 2.27. The van der Waals surface area contributed by atoms with Gasteiger partial charge in [0.15, 0.2) is 5.11 Å². The third-order valence-electron chi connectivity index (χ3n) is 2.36. The molecule has 0 saturated carbocycles. The highest BCUT2D eigenvalue weighted by molar-refractivity contribution is 7.80. The Balaban J connectivity index is 2.41. The molecule has 1 N–H and O–H groups in total. The molecule has 1 aromatic rings. The number of rotatable bonds is 1. The highest BCUT2D eigenvalue weighted by atomic mass is 35.5. The molecule has 88 valence electrons. The summed E-state index contributed by atoms with van der Waals surface area (Å²) in [7, 11) is 1.61. The van der Waals surface area contributed by atoms with Crippen LogP contribution in [0.25, 0.3) is 6.08 Å². The minimum absolute atomic E-state index is 0.189. The fourth-order valence-corrected chi connectivity index (χ4v) is 1.97. The lowest BCUT2D eigenvalue weighted by molar-refractivity contribution is -0.121. The maximum absolute atomic E-state index is 11.7. The minimum Gasteiger partial charge on any atom is -0.328 e. The van der Waals surface area contributed by atoms with Crippen molar-refractivity contribution in [3.8, 4) is 0 Å². The Kier molecular flexibility index (Phi) is 3.38. The van der Waals surface area contributed by atoms with Gasteiger partial charge in [0.25, 0.3) is 5.91 Å². The predicted molar refractivity (Wildman–Crippen MR) is 72.9 cm³/mol. The number of likely N-dealkylation sites (N-methyl/N-ethyl adjacent to an activating group) is 1. The summed E-state index contributed by atoms with van der Waals surface area (Å²) in [5.74, 6) is -0.189. The third-order valence-corrected chi connectivity index (χ3v) is 3.57. The fourth-order valence-electron chi connectivity index (χ4n) is 1.41. The van der Waals surface area contributed by atoms with E-state index >= 15 is 0 Å². The number of amides is 1. The van der Waals surface area contributed by atoms with E-state index in [4.69, 9.17) is 35.4 Å². The van der Waals surface area contributed by atoms with E-state index in [0.29, 0.717) is 26.4 Å². The molecule has 1 heterocycles. The van der Waals surface area contributed by atoms with Crippen LogP contribution in [-0.2, 0) is 4.79 Å². The van der Waals surface area contributed by atoms with Gasteiger partial charge in [-0.3, -0.25) is 9.69 Å². The van der Waals surface area contributed by atoms with Crippen molar-refractivity contribution in [1.82, 2.24) is 10.2 Å². The molecule has 1 aliphatic heterocycles. The van der Waals surface area contributed by atoms with Crippen LogP contribution in [0.1, 0.15) is 5.56 Å². The smallest absolute Gasteiger partial charge is 0.276 e. The van der Waals surface area contributed by atoms with E-state index in [9.17, 15) is 4.79 Å². The molecule has 1 amide bonds. The summed E-state index contributed by atoms with van der Waals surface area (Å²) in [6, 6.07) is 5.23. The monoisotopic (exact) mass is 286 g/mol. The number of halogens is 2. The molecule has 0 spiro atoms. The molecule has 0 aromatic heterocycles. The standard InChI is InChI=1S/C11H8Cl2N2OS/c1-15-10(16)8(14-11(15)17)5-6-3-2-4-7(12)9(6)13/h2-5H,1H3,(H,14,17)/b8-5-. The number of thiocarbonyl (C=S) groups is 1. The second-order valence-corrected chi connectivity index (χ2v) is 4.67. The maximum atomic E-state index is 11.7. The van der Waals surface area contributed by atoms with Gasteiger partial charge in [0.2, 0.25) is 0 Å². The topological polar surface area (TPSA) is 32.3 Å². The lowest BCUT2D eigenvalue weighted by atomic mass is 10.2. The Hall–Kier alpha value is -1.10. The number of hydrogen-bond donors (Lipinski definition) is 1. The predicted octanol–water partition coefficient (Wildman–Crippen LogP) is 2.68. The number of carbonyl (C=O) groups excluding carboxylic acids is 1. The Morgan fingerprint density at radius 1 is 1.41 bits per heavy atom. The van der Waals surface area contributed by atoms with Crippen LogP contribution in [0.3, 0.4) is 0 Å². The van der Waals surface area contributed by atoms with Crippen molar-refractivity contribution in [2.75, 3.05) is 7.05 Å². The molecular formula is C11H8Cl2N2OS. The van der Waals surface area contributed by atoms with Crippen molar-refractivity contribution < 1.29 is 4.79 Å². The molecule has 1 fully saturated rings. The van der Waals surface area contributed by atoms with Gasteiger partial charge in [-0.05, 0) is 29.9 Å². The SMILES string of the molecule is CN1C(=O)/C(=C/c2cccc(Cl)c2Cl)NC1=S. The number of nitrogens with one attached hydrogen (secondary N) is 1. The summed E-state index contributed by atoms with van der Waals surface area (Å²) >= 11 is 16.9. The molecule has 0 unspecified atom stereocenters. The maximum Gasteiger partial charge on any atom is 0.276 e. The molecule has 17 heavy (non-hydrogen) atoms. The Morgan fingerprint density at radius 3 is 2.71 bits per heavy atom. The molecule has 6 heteroatoms. The average molecular weight is 287 g/mol. The second kappa shape index (κ2) is 4.64. The van der Waals surface area contributed by atoms with Crippen molar-refractivity contribution in [3.63, 3.8) is 0 Å². The zero-order valence-electron chi connectivity index (χ0n) is 8.83. The van der Waals surface area contributed by atoms with Gasteiger partial charge in [0.1, 0.15) is 5.70 Å². The number of benzene rings is 1. The summed E-state index contributed by atoms with van der Waals surface area (Å²) in [6.45, 7) is 0. The van der Waals surface area contributed by atoms with Gasteiger partial charge < -0.3 is 5.32 Å². The number of carbonyl (C=O) groups is 1. The molecule has 2 rings (SSSR count).